The summed E-state index contributed by atoms with van der Waals surface area (Å²) in [6.07, 6.45) is 0. The third kappa shape index (κ3) is 5.26. The summed E-state index contributed by atoms with van der Waals surface area (Å²) in [4.78, 5) is 13.7. The maximum atomic E-state index is 13.4. The predicted octanol–water partition coefficient (Wildman–Crippen LogP) is 1.16. The Morgan fingerprint density at radius 2 is 1.52 bits per heavy atom. The van der Waals surface area contributed by atoms with Crippen molar-refractivity contribution in [1.29, 1.82) is 0 Å². The Kier molecular flexibility index (Phi) is 6.74. The first-order valence-electron chi connectivity index (χ1n) is 9.33. The number of sulfonamides is 2. The molecule has 0 bridgehead atoms. The van der Waals surface area contributed by atoms with Crippen LogP contribution in [0, 0.1) is 11.6 Å². The van der Waals surface area contributed by atoms with E-state index in [1.165, 1.54) is 24.0 Å². The van der Waals surface area contributed by atoms with E-state index < -0.39 is 43.6 Å². The van der Waals surface area contributed by atoms with Crippen LogP contribution in [0.1, 0.15) is 6.92 Å². The minimum absolute atomic E-state index is 0.0119. The van der Waals surface area contributed by atoms with Gasteiger partial charge in [-0.15, -0.1) is 0 Å². The van der Waals surface area contributed by atoms with Gasteiger partial charge < -0.3 is 4.90 Å². The third-order valence-corrected chi connectivity index (χ3v) is 8.26. The summed E-state index contributed by atoms with van der Waals surface area (Å²) in [5.41, 5.74) is 0. The number of piperazine rings is 1. The summed E-state index contributed by atoms with van der Waals surface area (Å²) in [5, 5.41) is 0. The molecular formula is C19H21F2N3O5S2. The van der Waals surface area contributed by atoms with Gasteiger partial charge in [-0.3, -0.25) is 4.79 Å². The van der Waals surface area contributed by atoms with Crippen LogP contribution in [0.2, 0.25) is 0 Å². The number of rotatable bonds is 6. The Morgan fingerprint density at radius 1 is 0.903 bits per heavy atom. The van der Waals surface area contributed by atoms with Crippen LogP contribution in [-0.4, -0.2) is 64.2 Å². The van der Waals surface area contributed by atoms with Gasteiger partial charge >= 0.3 is 0 Å². The lowest BCUT2D eigenvalue weighted by molar-refractivity contribution is -0.133. The van der Waals surface area contributed by atoms with Crippen molar-refractivity contribution in [2.24, 2.45) is 0 Å². The highest BCUT2D eigenvalue weighted by molar-refractivity contribution is 7.89. The molecule has 1 fully saturated rings. The molecule has 3 rings (SSSR count). The number of nitrogens with zero attached hydrogens (tertiary/aromatic N) is 2. The Hall–Kier alpha value is -2.41. The van der Waals surface area contributed by atoms with E-state index in [1.807, 2.05) is 0 Å². The van der Waals surface area contributed by atoms with Gasteiger partial charge in [-0.25, -0.2) is 25.6 Å². The molecule has 1 N–H and O–H groups in total. The topological polar surface area (TPSA) is 104 Å². The lowest BCUT2D eigenvalue weighted by atomic mass is 10.2. The average molecular weight is 474 g/mol. The molecule has 0 spiro atoms. The molecule has 2 aromatic rings. The van der Waals surface area contributed by atoms with Crippen molar-refractivity contribution < 1.29 is 30.4 Å². The van der Waals surface area contributed by atoms with Gasteiger partial charge in [-0.2, -0.15) is 9.03 Å². The molecule has 0 aliphatic carbocycles. The number of nitrogens with one attached hydrogen (secondary N) is 1. The van der Waals surface area contributed by atoms with Crippen molar-refractivity contribution in [3.05, 3.63) is 60.2 Å². The summed E-state index contributed by atoms with van der Waals surface area (Å²) < 4.78 is 79.9. The normalized spacial score (nSPS) is 16.8. The molecule has 2 aromatic carbocycles. The minimum Gasteiger partial charge on any atom is -0.339 e. The van der Waals surface area contributed by atoms with Gasteiger partial charge in [-0.05, 0) is 49.4 Å². The lowest BCUT2D eigenvalue weighted by Crippen LogP contribution is -2.55. The molecular weight excluding hydrogens is 452 g/mol. The SMILES string of the molecule is C[C@@H](NS(=O)(=O)c1ccc(F)cc1)C(=O)N1CCN(S(=O)(=O)c2cccc(F)c2)CC1. The fourth-order valence-electron chi connectivity index (χ4n) is 3.16. The molecule has 1 heterocycles. The van der Waals surface area contributed by atoms with Gasteiger partial charge in [0.05, 0.1) is 15.8 Å². The van der Waals surface area contributed by atoms with E-state index in [2.05, 4.69) is 4.72 Å². The van der Waals surface area contributed by atoms with Gasteiger partial charge in [0.15, 0.2) is 0 Å². The summed E-state index contributed by atoms with van der Waals surface area (Å²) in [6, 6.07) is 7.73. The summed E-state index contributed by atoms with van der Waals surface area (Å²) in [6.45, 7) is 1.45. The highest BCUT2D eigenvalue weighted by Gasteiger charge is 2.32. The van der Waals surface area contributed by atoms with E-state index >= 15 is 0 Å². The van der Waals surface area contributed by atoms with Crippen LogP contribution in [0.25, 0.3) is 0 Å². The lowest BCUT2D eigenvalue weighted by Gasteiger charge is -2.35. The molecule has 168 valence electrons. The molecule has 1 amide bonds. The largest absolute Gasteiger partial charge is 0.339 e. The zero-order chi connectivity index (χ0) is 22.8. The maximum Gasteiger partial charge on any atom is 0.243 e. The number of hydrogen-bond donors (Lipinski definition) is 1. The van der Waals surface area contributed by atoms with E-state index in [9.17, 15) is 30.4 Å². The Morgan fingerprint density at radius 3 is 2.10 bits per heavy atom. The van der Waals surface area contributed by atoms with Crippen molar-refractivity contribution >= 4 is 26.0 Å². The third-order valence-electron chi connectivity index (χ3n) is 4.81. The van der Waals surface area contributed by atoms with Crippen LogP contribution in [0.5, 0.6) is 0 Å². The number of hydrogen-bond acceptors (Lipinski definition) is 5. The van der Waals surface area contributed by atoms with Gasteiger partial charge in [0.1, 0.15) is 11.6 Å². The van der Waals surface area contributed by atoms with Gasteiger partial charge in [0, 0.05) is 26.2 Å². The number of carbonyl (C=O) groups excluding carboxylic acids is 1. The molecule has 0 unspecified atom stereocenters. The summed E-state index contributed by atoms with van der Waals surface area (Å²) in [5.74, 6) is -1.78. The summed E-state index contributed by atoms with van der Waals surface area (Å²) in [7, 11) is -7.95. The zero-order valence-electron chi connectivity index (χ0n) is 16.5. The molecule has 1 aliphatic heterocycles. The van der Waals surface area contributed by atoms with Crippen LogP contribution in [0.3, 0.4) is 0 Å². The van der Waals surface area contributed by atoms with Crippen LogP contribution in [0.4, 0.5) is 8.78 Å². The molecule has 1 atom stereocenters. The number of carbonyl (C=O) groups is 1. The van der Waals surface area contributed by atoms with Crippen LogP contribution in [-0.2, 0) is 24.8 Å². The molecule has 0 aromatic heterocycles. The monoisotopic (exact) mass is 473 g/mol. The molecule has 31 heavy (non-hydrogen) atoms. The van der Waals surface area contributed by atoms with Crippen molar-refractivity contribution in [1.82, 2.24) is 13.9 Å². The molecule has 0 saturated carbocycles. The van der Waals surface area contributed by atoms with Gasteiger partial charge in [0.2, 0.25) is 26.0 Å². The van der Waals surface area contributed by atoms with Gasteiger partial charge in [0.25, 0.3) is 0 Å². The second-order valence-electron chi connectivity index (χ2n) is 6.98. The molecule has 1 saturated heterocycles. The van der Waals surface area contributed by atoms with Crippen molar-refractivity contribution in [3.63, 3.8) is 0 Å². The Balaban J connectivity index is 1.62. The van der Waals surface area contributed by atoms with Crippen LogP contribution in [0.15, 0.2) is 58.3 Å². The second kappa shape index (κ2) is 8.99. The highest BCUT2D eigenvalue weighted by atomic mass is 32.2. The predicted molar refractivity (Wildman–Crippen MR) is 108 cm³/mol. The second-order valence-corrected chi connectivity index (χ2v) is 10.6. The molecule has 1 aliphatic rings. The highest BCUT2D eigenvalue weighted by Crippen LogP contribution is 2.19. The fraction of sp³-hybridized carbons (Fsp3) is 0.316. The van der Waals surface area contributed by atoms with E-state index in [1.54, 1.807) is 0 Å². The van der Waals surface area contributed by atoms with Crippen molar-refractivity contribution in [2.45, 2.75) is 22.8 Å². The summed E-state index contributed by atoms with van der Waals surface area (Å²) >= 11 is 0. The zero-order valence-corrected chi connectivity index (χ0v) is 18.2. The minimum atomic E-state index is -4.04. The standard InChI is InChI=1S/C19H21F2N3O5S2/c1-14(22-30(26,27)17-7-5-15(20)6-8-17)19(25)23-9-11-24(12-10-23)31(28,29)18-4-2-3-16(21)13-18/h2-8,13-14,22H,9-12H2,1H3/t14-/m1/s1. The number of amides is 1. The quantitative estimate of drug-likeness (QED) is 0.678. The first-order valence-corrected chi connectivity index (χ1v) is 12.3. The number of halogens is 2. The van der Waals surface area contributed by atoms with E-state index in [-0.39, 0.29) is 36.0 Å². The smallest absolute Gasteiger partial charge is 0.243 e. The average Bonchev–Trinajstić information content (AvgIpc) is 2.73. The fourth-order valence-corrected chi connectivity index (χ4v) is 5.82. The van der Waals surface area contributed by atoms with E-state index in [4.69, 9.17) is 0 Å². The molecule has 8 nitrogen and oxygen atoms in total. The first kappa shape index (κ1) is 23.3. The molecule has 0 radical (unpaired) electrons. The first-order chi connectivity index (χ1) is 14.5. The van der Waals surface area contributed by atoms with Crippen molar-refractivity contribution in [3.8, 4) is 0 Å². The Bertz CT molecular complexity index is 1160. The number of benzene rings is 2. The molecule has 12 heteroatoms. The van der Waals surface area contributed by atoms with Gasteiger partial charge in [-0.1, -0.05) is 6.07 Å². The van der Waals surface area contributed by atoms with Crippen LogP contribution < -0.4 is 4.72 Å². The van der Waals surface area contributed by atoms with E-state index in [0.29, 0.717) is 0 Å². The van der Waals surface area contributed by atoms with E-state index in [0.717, 1.165) is 40.7 Å². The Labute approximate surface area is 179 Å². The van der Waals surface area contributed by atoms with Crippen molar-refractivity contribution in [2.75, 3.05) is 26.2 Å². The maximum absolute atomic E-state index is 13.4. The van der Waals surface area contributed by atoms with Crippen LogP contribution >= 0.6 is 0 Å².